The van der Waals surface area contributed by atoms with E-state index in [-0.39, 0.29) is 17.3 Å². The number of anilines is 1. The normalized spacial score (nSPS) is 23.9. The Kier molecular flexibility index (Phi) is 4.70. The van der Waals surface area contributed by atoms with Crippen molar-refractivity contribution in [2.45, 2.75) is 55.7 Å². The van der Waals surface area contributed by atoms with E-state index in [1.807, 2.05) is 19.1 Å². The van der Waals surface area contributed by atoms with E-state index in [0.717, 1.165) is 30.0 Å². The summed E-state index contributed by atoms with van der Waals surface area (Å²) in [5, 5.41) is 9.34. The molecule has 8 heteroatoms. The third-order valence-electron chi connectivity index (χ3n) is 4.60. The first kappa shape index (κ1) is 16.5. The van der Waals surface area contributed by atoms with Gasteiger partial charge in [0.1, 0.15) is 17.1 Å². The second-order valence-electron chi connectivity index (χ2n) is 6.59. The molecule has 0 aliphatic carbocycles. The van der Waals surface area contributed by atoms with Crippen LogP contribution >= 0.6 is 11.8 Å². The Labute approximate surface area is 150 Å². The lowest BCUT2D eigenvalue weighted by molar-refractivity contribution is -0.140. The van der Waals surface area contributed by atoms with Gasteiger partial charge in [0.15, 0.2) is 5.16 Å². The van der Waals surface area contributed by atoms with E-state index < -0.39 is 0 Å². The van der Waals surface area contributed by atoms with Crippen LogP contribution in [0, 0.1) is 0 Å². The number of nitrogens with zero attached hydrogens (tertiary/aromatic N) is 4. The fourth-order valence-electron chi connectivity index (χ4n) is 3.34. The summed E-state index contributed by atoms with van der Waals surface area (Å²) in [4.78, 5) is 14.3. The molecule has 2 fully saturated rings. The van der Waals surface area contributed by atoms with E-state index in [1.54, 1.807) is 6.26 Å². The maximum atomic E-state index is 12.0. The molecule has 2 unspecified atom stereocenters. The van der Waals surface area contributed by atoms with Crippen LogP contribution in [0.4, 0.5) is 5.95 Å². The molecular weight excluding hydrogens is 340 g/mol. The number of rotatable bonds is 5. The molecule has 0 spiro atoms. The van der Waals surface area contributed by atoms with Crippen LogP contribution in [0.3, 0.4) is 0 Å². The van der Waals surface area contributed by atoms with Crippen LogP contribution in [-0.2, 0) is 16.1 Å². The van der Waals surface area contributed by atoms with E-state index in [1.165, 1.54) is 31.0 Å². The SMILES string of the molecule is CC1CC(Sc2nnc(N3CCCCC3)n2Cc2ccco2)C(=O)O1. The summed E-state index contributed by atoms with van der Waals surface area (Å²) in [5.74, 6) is 1.55. The molecule has 2 aromatic rings. The van der Waals surface area contributed by atoms with Crippen LogP contribution in [0.25, 0.3) is 0 Å². The highest BCUT2D eigenvalue weighted by Crippen LogP contribution is 2.33. The van der Waals surface area contributed by atoms with Gasteiger partial charge in [0.25, 0.3) is 0 Å². The van der Waals surface area contributed by atoms with Gasteiger partial charge in [0.05, 0.1) is 12.8 Å². The molecular formula is C17H22N4O3S. The lowest BCUT2D eigenvalue weighted by atomic mass is 10.1. The van der Waals surface area contributed by atoms with Gasteiger partial charge in [-0.3, -0.25) is 9.36 Å². The summed E-state index contributed by atoms with van der Waals surface area (Å²) < 4.78 is 12.8. The average Bonchev–Trinajstić information content (AvgIpc) is 3.32. The summed E-state index contributed by atoms with van der Waals surface area (Å²) in [6.07, 6.45) is 5.94. The zero-order valence-electron chi connectivity index (χ0n) is 14.3. The van der Waals surface area contributed by atoms with Crippen molar-refractivity contribution in [1.82, 2.24) is 14.8 Å². The number of hydrogen-bond donors (Lipinski definition) is 0. The van der Waals surface area contributed by atoms with E-state index in [9.17, 15) is 4.79 Å². The minimum atomic E-state index is -0.219. The van der Waals surface area contributed by atoms with Crippen LogP contribution in [-0.4, -0.2) is 45.2 Å². The third kappa shape index (κ3) is 3.53. The van der Waals surface area contributed by atoms with Gasteiger partial charge in [-0.2, -0.15) is 0 Å². The largest absolute Gasteiger partial charge is 0.467 e. The molecule has 134 valence electrons. The first-order chi connectivity index (χ1) is 12.2. The number of ether oxygens (including phenoxy) is 1. The van der Waals surface area contributed by atoms with Crippen molar-refractivity contribution in [3.63, 3.8) is 0 Å². The average molecular weight is 362 g/mol. The highest BCUT2D eigenvalue weighted by atomic mass is 32.2. The topological polar surface area (TPSA) is 73.4 Å². The fourth-order valence-corrected chi connectivity index (χ4v) is 4.47. The quantitative estimate of drug-likeness (QED) is 0.757. The zero-order valence-corrected chi connectivity index (χ0v) is 15.1. The molecule has 0 amide bonds. The number of furan rings is 1. The number of carbonyl (C=O) groups is 1. The van der Waals surface area contributed by atoms with Crippen molar-refractivity contribution in [2.24, 2.45) is 0 Å². The Morgan fingerprint density at radius 1 is 1.28 bits per heavy atom. The molecule has 0 N–H and O–H groups in total. The first-order valence-electron chi connectivity index (χ1n) is 8.78. The second-order valence-corrected chi connectivity index (χ2v) is 7.76. The third-order valence-corrected chi connectivity index (χ3v) is 5.79. The van der Waals surface area contributed by atoms with Crippen molar-refractivity contribution in [3.8, 4) is 0 Å². The van der Waals surface area contributed by atoms with Crippen LogP contribution < -0.4 is 4.90 Å². The van der Waals surface area contributed by atoms with Crippen molar-refractivity contribution in [3.05, 3.63) is 24.2 Å². The standard InChI is InChI=1S/C17H22N4O3S/c1-12-10-14(15(22)24-12)25-17-19-18-16(20-7-3-2-4-8-20)21(17)11-13-6-5-9-23-13/h5-6,9,12,14H,2-4,7-8,10-11H2,1H3. The number of esters is 1. The maximum absolute atomic E-state index is 12.0. The molecule has 2 aromatic heterocycles. The first-order valence-corrected chi connectivity index (χ1v) is 9.66. The van der Waals surface area contributed by atoms with Gasteiger partial charge in [-0.1, -0.05) is 11.8 Å². The monoisotopic (exact) mass is 362 g/mol. The zero-order chi connectivity index (χ0) is 17.2. The summed E-state index contributed by atoms with van der Waals surface area (Å²) in [6.45, 7) is 4.46. The lowest BCUT2D eigenvalue weighted by Crippen LogP contribution is -2.32. The van der Waals surface area contributed by atoms with Gasteiger partial charge in [-0.05, 0) is 38.3 Å². The van der Waals surface area contributed by atoms with Gasteiger partial charge in [-0.25, -0.2) is 0 Å². The van der Waals surface area contributed by atoms with Gasteiger partial charge in [-0.15, -0.1) is 10.2 Å². The van der Waals surface area contributed by atoms with Crippen LogP contribution in [0.5, 0.6) is 0 Å². The molecule has 4 heterocycles. The Hall–Kier alpha value is -1.96. The predicted octanol–water partition coefficient (Wildman–Crippen LogP) is 2.71. The van der Waals surface area contributed by atoms with Crippen molar-refractivity contribution in [1.29, 1.82) is 0 Å². The number of aromatic nitrogens is 3. The number of carbonyl (C=O) groups excluding carboxylic acids is 1. The molecule has 0 bridgehead atoms. The van der Waals surface area contributed by atoms with Gasteiger partial charge in [0, 0.05) is 19.5 Å². The molecule has 2 atom stereocenters. The van der Waals surface area contributed by atoms with Gasteiger partial charge >= 0.3 is 5.97 Å². The minimum absolute atomic E-state index is 0.0342. The second kappa shape index (κ2) is 7.11. The summed E-state index contributed by atoms with van der Waals surface area (Å²) in [5.41, 5.74) is 0. The van der Waals surface area contributed by atoms with E-state index in [2.05, 4.69) is 19.7 Å². The molecule has 2 saturated heterocycles. The Balaban J connectivity index is 1.61. The summed E-state index contributed by atoms with van der Waals surface area (Å²) >= 11 is 1.44. The Morgan fingerprint density at radius 2 is 2.12 bits per heavy atom. The number of thioether (sulfide) groups is 1. The number of piperidine rings is 1. The predicted molar refractivity (Wildman–Crippen MR) is 93.7 cm³/mol. The summed E-state index contributed by atoms with van der Waals surface area (Å²) in [6, 6.07) is 3.82. The van der Waals surface area contributed by atoms with Crippen molar-refractivity contribution in [2.75, 3.05) is 18.0 Å². The van der Waals surface area contributed by atoms with Gasteiger partial charge < -0.3 is 14.1 Å². The molecule has 7 nitrogen and oxygen atoms in total. The van der Waals surface area contributed by atoms with Crippen molar-refractivity contribution >= 4 is 23.7 Å². The van der Waals surface area contributed by atoms with Crippen molar-refractivity contribution < 1.29 is 13.9 Å². The number of hydrogen-bond acceptors (Lipinski definition) is 7. The molecule has 2 aliphatic heterocycles. The maximum Gasteiger partial charge on any atom is 0.319 e. The van der Waals surface area contributed by atoms with E-state index in [4.69, 9.17) is 9.15 Å². The Morgan fingerprint density at radius 3 is 2.80 bits per heavy atom. The molecule has 25 heavy (non-hydrogen) atoms. The number of cyclic esters (lactones) is 1. The van der Waals surface area contributed by atoms with E-state index >= 15 is 0 Å². The molecule has 0 radical (unpaired) electrons. The van der Waals surface area contributed by atoms with Gasteiger partial charge in [0.2, 0.25) is 5.95 Å². The molecule has 2 aliphatic rings. The summed E-state index contributed by atoms with van der Waals surface area (Å²) in [7, 11) is 0. The highest BCUT2D eigenvalue weighted by molar-refractivity contribution is 8.00. The van der Waals surface area contributed by atoms with Crippen LogP contribution in [0.15, 0.2) is 28.0 Å². The smallest absolute Gasteiger partial charge is 0.319 e. The molecule has 0 saturated carbocycles. The fraction of sp³-hybridized carbons (Fsp3) is 0.588. The van der Waals surface area contributed by atoms with Crippen LogP contribution in [0.1, 0.15) is 38.4 Å². The Bertz CT molecular complexity index is 724. The minimum Gasteiger partial charge on any atom is -0.467 e. The molecule has 4 rings (SSSR count). The van der Waals surface area contributed by atoms with Crippen LogP contribution in [0.2, 0.25) is 0 Å². The lowest BCUT2D eigenvalue weighted by Gasteiger charge is -2.27. The highest BCUT2D eigenvalue weighted by Gasteiger charge is 2.34. The molecule has 0 aromatic carbocycles. The van der Waals surface area contributed by atoms with E-state index in [0.29, 0.717) is 13.0 Å².